The molecule has 1 aliphatic rings. The number of hydrogen-bond acceptors (Lipinski definition) is 1. The first kappa shape index (κ1) is 13.4. The summed E-state index contributed by atoms with van der Waals surface area (Å²) >= 11 is 5.77. The van der Waals surface area contributed by atoms with Crippen LogP contribution in [0, 0.1) is 0 Å². The Labute approximate surface area is 133 Å². The molecule has 0 aliphatic carbocycles. The Morgan fingerprint density at radius 2 is 1.91 bits per heavy atom. The molecule has 1 amide bonds. The molecule has 3 nitrogen and oxygen atoms in total. The monoisotopic (exact) mass is 310 g/mol. The van der Waals surface area contributed by atoms with Crippen molar-refractivity contribution in [1.29, 1.82) is 0 Å². The average molecular weight is 311 g/mol. The maximum atomic E-state index is 12.1. The first-order valence-electron chi connectivity index (χ1n) is 7.31. The van der Waals surface area contributed by atoms with E-state index in [9.17, 15) is 4.79 Å². The molecule has 3 aromatic rings. The van der Waals surface area contributed by atoms with Crippen molar-refractivity contribution >= 4 is 34.1 Å². The molecule has 0 spiro atoms. The van der Waals surface area contributed by atoms with Crippen LogP contribution in [-0.2, 0) is 4.79 Å². The molecule has 1 aromatic heterocycles. The zero-order valence-corrected chi connectivity index (χ0v) is 12.7. The van der Waals surface area contributed by atoms with E-state index < -0.39 is 0 Å². The van der Waals surface area contributed by atoms with Crippen LogP contribution in [0.1, 0.15) is 17.0 Å². The normalized spacial score (nSPS) is 17.0. The first-order valence-corrected chi connectivity index (χ1v) is 7.84. The van der Waals surface area contributed by atoms with Crippen molar-refractivity contribution in [3.63, 3.8) is 0 Å². The molecule has 2 aromatic carbocycles. The van der Waals surface area contributed by atoms with E-state index in [2.05, 4.69) is 29.4 Å². The van der Waals surface area contributed by atoms with Gasteiger partial charge < -0.3 is 9.88 Å². The Balaban J connectivity index is 1.85. The van der Waals surface area contributed by atoms with E-state index >= 15 is 0 Å². The molecule has 4 heteroatoms. The predicted molar refractivity (Wildman–Crippen MR) is 89.7 cm³/mol. The van der Waals surface area contributed by atoms with Crippen LogP contribution in [0.3, 0.4) is 0 Å². The number of amides is 1. The van der Waals surface area contributed by atoms with Crippen LogP contribution in [0.25, 0.3) is 10.9 Å². The molecule has 0 saturated carbocycles. The van der Waals surface area contributed by atoms with Crippen molar-refractivity contribution in [2.24, 2.45) is 0 Å². The van der Waals surface area contributed by atoms with E-state index in [1.165, 1.54) is 16.5 Å². The summed E-state index contributed by atoms with van der Waals surface area (Å²) in [5.41, 5.74) is 4.51. The third kappa shape index (κ3) is 1.93. The van der Waals surface area contributed by atoms with E-state index in [1.807, 2.05) is 30.3 Å². The number of anilines is 1. The maximum Gasteiger partial charge on any atom is 0.241 e. The largest absolute Gasteiger partial charge is 0.361 e. The highest BCUT2D eigenvalue weighted by molar-refractivity contribution is 6.29. The van der Waals surface area contributed by atoms with Crippen LogP contribution >= 0.6 is 11.6 Å². The van der Waals surface area contributed by atoms with Crippen LogP contribution < -0.4 is 4.90 Å². The molecule has 0 radical (unpaired) electrons. The van der Waals surface area contributed by atoms with E-state index in [1.54, 1.807) is 4.90 Å². The molecular weight excluding hydrogens is 296 g/mol. The Hall–Kier alpha value is -2.26. The number of nitrogens with one attached hydrogen (secondary N) is 1. The van der Waals surface area contributed by atoms with Crippen molar-refractivity contribution in [2.75, 3.05) is 17.3 Å². The lowest BCUT2D eigenvalue weighted by atomic mass is 9.93. The summed E-state index contributed by atoms with van der Waals surface area (Å²) in [6.07, 6.45) is 2.06. The lowest BCUT2D eigenvalue weighted by Crippen LogP contribution is -2.30. The number of benzene rings is 2. The van der Waals surface area contributed by atoms with Crippen LogP contribution in [0.5, 0.6) is 0 Å². The fraction of sp³-hybridized carbons (Fsp3) is 0.167. The van der Waals surface area contributed by atoms with E-state index in [-0.39, 0.29) is 17.7 Å². The van der Waals surface area contributed by atoms with Crippen molar-refractivity contribution in [2.45, 2.75) is 5.92 Å². The van der Waals surface area contributed by atoms with Gasteiger partial charge in [-0.25, -0.2) is 0 Å². The summed E-state index contributed by atoms with van der Waals surface area (Å²) in [5, 5.41) is 1.21. The SMILES string of the molecule is O=C(CCl)N1CC(c2c[nH]c3ccccc23)c2ccccc21. The number of nitrogens with zero attached hydrogens (tertiary/aromatic N) is 1. The summed E-state index contributed by atoms with van der Waals surface area (Å²) in [6.45, 7) is 0.646. The number of hydrogen-bond donors (Lipinski definition) is 1. The number of halogens is 1. The van der Waals surface area contributed by atoms with Crippen molar-refractivity contribution in [1.82, 2.24) is 4.98 Å². The van der Waals surface area contributed by atoms with Crippen molar-refractivity contribution in [3.8, 4) is 0 Å². The summed E-state index contributed by atoms with van der Waals surface area (Å²) in [4.78, 5) is 17.3. The quantitative estimate of drug-likeness (QED) is 0.716. The van der Waals surface area contributed by atoms with Crippen LogP contribution in [0.2, 0.25) is 0 Å². The summed E-state index contributed by atoms with van der Waals surface area (Å²) in [5.74, 6) is 0.144. The summed E-state index contributed by atoms with van der Waals surface area (Å²) in [6, 6.07) is 16.3. The lowest BCUT2D eigenvalue weighted by Gasteiger charge is -2.16. The van der Waals surface area contributed by atoms with E-state index in [4.69, 9.17) is 11.6 Å². The topological polar surface area (TPSA) is 36.1 Å². The number of carbonyl (C=O) groups excluding carboxylic acids is 1. The van der Waals surface area contributed by atoms with Gasteiger partial charge in [-0.2, -0.15) is 0 Å². The van der Waals surface area contributed by atoms with Gasteiger partial charge in [-0.05, 0) is 23.3 Å². The number of aromatic nitrogens is 1. The second-order valence-corrected chi connectivity index (χ2v) is 5.81. The van der Waals surface area contributed by atoms with Gasteiger partial charge >= 0.3 is 0 Å². The maximum absolute atomic E-state index is 12.1. The number of rotatable bonds is 2. The standard InChI is InChI=1S/C18H15ClN2O/c19-9-18(22)21-11-15(13-6-2-4-8-17(13)21)14-10-20-16-7-3-1-5-12(14)16/h1-8,10,15,20H,9,11H2. The first-order chi connectivity index (χ1) is 10.8. The fourth-order valence-electron chi connectivity index (χ4n) is 3.36. The molecule has 2 heterocycles. The fourth-order valence-corrected chi connectivity index (χ4v) is 3.51. The van der Waals surface area contributed by atoms with Gasteiger partial charge in [0.05, 0.1) is 0 Å². The number of fused-ring (bicyclic) bond motifs is 2. The third-order valence-corrected chi connectivity index (χ3v) is 4.61. The minimum absolute atomic E-state index is 0.00887. The van der Waals surface area contributed by atoms with Crippen molar-refractivity contribution in [3.05, 3.63) is 65.9 Å². The van der Waals surface area contributed by atoms with Gasteiger partial charge in [-0.15, -0.1) is 11.6 Å². The predicted octanol–water partition coefficient (Wildman–Crippen LogP) is 3.89. The van der Waals surface area contributed by atoms with Gasteiger partial charge in [0.15, 0.2) is 0 Å². The Morgan fingerprint density at radius 1 is 1.14 bits per heavy atom. The Morgan fingerprint density at radius 3 is 2.77 bits per heavy atom. The molecule has 1 aliphatic heterocycles. The van der Waals surface area contributed by atoms with Gasteiger partial charge in [0.2, 0.25) is 5.91 Å². The number of carbonyl (C=O) groups is 1. The van der Waals surface area contributed by atoms with Gasteiger partial charge in [0.25, 0.3) is 0 Å². The minimum atomic E-state index is -0.0449. The van der Waals surface area contributed by atoms with Gasteiger partial charge in [0.1, 0.15) is 5.88 Å². The van der Waals surface area contributed by atoms with Crippen molar-refractivity contribution < 1.29 is 4.79 Å². The zero-order valence-electron chi connectivity index (χ0n) is 11.9. The molecule has 4 rings (SSSR count). The van der Waals surface area contributed by atoms with E-state index in [0.29, 0.717) is 6.54 Å². The molecule has 22 heavy (non-hydrogen) atoms. The molecular formula is C18H15ClN2O. The highest BCUT2D eigenvalue weighted by Crippen LogP contribution is 2.42. The molecule has 110 valence electrons. The highest BCUT2D eigenvalue weighted by atomic mass is 35.5. The Kier molecular flexibility index (Phi) is 3.16. The number of aromatic amines is 1. The van der Waals surface area contributed by atoms with Gasteiger partial charge in [-0.3, -0.25) is 4.79 Å². The lowest BCUT2D eigenvalue weighted by molar-refractivity contribution is -0.116. The smallest absolute Gasteiger partial charge is 0.241 e. The second-order valence-electron chi connectivity index (χ2n) is 5.54. The van der Waals surface area contributed by atoms with Crippen LogP contribution in [0.4, 0.5) is 5.69 Å². The molecule has 0 saturated heterocycles. The molecule has 0 fully saturated rings. The second kappa shape index (κ2) is 5.18. The molecule has 1 atom stereocenters. The summed E-state index contributed by atoms with van der Waals surface area (Å²) < 4.78 is 0. The Bertz CT molecular complexity index is 855. The third-order valence-electron chi connectivity index (χ3n) is 4.38. The molecule has 0 bridgehead atoms. The summed E-state index contributed by atoms with van der Waals surface area (Å²) in [7, 11) is 0. The number of para-hydroxylation sites is 2. The zero-order chi connectivity index (χ0) is 15.1. The van der Waals surface area contributed by atoms with Gasteiger partial charge in [-0.1, -0.05) is 36.4 Å². The van der Waals surface area contributed by atoms with E-state index in [0.717, 1.165) is 11.2 Å². The minimum Gasteiger partial charge on any atom is -0.361 e. The van der Waals surface area contributed by atoms with Crippen LogP contribution in [-0.4, -0.2) is 23.3 Å². The average Bonchev–Trinajstić information content (AvgIpc) is 3.15. The number of alkyl halides is 1. The molecule has 1 N–H and O–H groups in total. The highest BCUT2D eigenvalue weighted by Gasteiger charge is 2.33. The van der Waals surface area contributed by atoms with Crippen LogP contribution in [0.15, 0.2) is 54.7 Å². The molecule has 1 unspecified atom stereocenters. The van der Waals surface area contributed by atoms with Gasteiger partial charge in [0, 0.05) is 35.2 Å². The number of H-pyrrole nitrogens is 1.